The average Bonchev–Trinajstić information content (AvgIpc) is 2.15. The van der Waals surface area contributed by atoms with Crippen LogP contribution in [0.4, 0.5) is 0 Å². The number of benzene rings is 1. The maximum absolute atomic E-state index is 11.2. The topological polar surface area (TPSA) is 60.4 Å². The van der Waals surface area contributed by atoms with E-state index < -0.39 is 9.84 Å². The molecule has 0 atom stereocenters. The molecule has 4 nitrogen and oxygen atoms in total. The van der Waals surface area contributed by atoms with Gasteiger partial charge in [0.1, 0.15) is 16.9 Å². The average molecular weight is 214 g/mol. The van der Waals surface area contributed by atoms with Crippen molar-refractivity contribution in [2.75, 3.05) is 13.4 Å². The minimum atomic E-state index is -3.31. The molecule has 0 spiro atoms. The first-order valence-electron chi connectivity index (χ1n) is 3.82. The van der Waals surface area contributed by atoms with Crippen molar-refractivity contribution in [2.24, 2.45) is 0 Å². The molecular formula is C9H10O4S. The standard InChI is InChI=1S/C9H10O4S/c1-13-8-5-7(6-10)3-4-9(8)14(2,11)12/h3-6H,1-2H3. The van der Waals surface area contributed by atoms with Crippen molar-refractivity contribution in [2.45, 2.75) is 4.90 Å². The smallest absolute Gasteiger partial charge is 0.179 e. The molecule has 0 aromatic heterocycles. The highest BCUT2D eigenvalue weighted by Gasteiger charge is 2.13. The van der Waals surface area contributed by atoms with Crippen molar-refractivity contribution < 1.29 is 17.9 Å². The predicted molar refractivity (Wildman–Crippen MR) is 51.5 cm³/mol. The Labute approximate surface area is 82.4 Å². The summed E-state index contributed by atoms with van der Waals surface area (Å²) in [6.45, 7) is 0. The second-order valence-electron chi connectivity index (χ2n) is 2.80. The molecule has 5 heteroatoms. The highest BCUT2D eigenvalue weighted by molar-refractivity contribution is 7.90. The number of hydrogen-bond donors (Lipinski definition) is 0. The molecule has 0 fully saturated rings. The van der Waals surface area contributed by atoms with Crippen molar-refractivity contribution in [3.05, 3.63) is 23.8 Å². The zero-order valence-electron chi connectivity index (χ0n) is 7.85. The molecule has 1 aromatic carbocycles. The quantitative estimate of drug-likeness (QED) is 0.702. The number of aldehydes is 1. The molecule has 0 amide bonds. The number of hydrogen-bond acceptors (Lipinski definition) is 4. The molecule has 1 aromatic rings. The summed E-state index contributed by atoms with van der Waals surface area (Å²) in [5.41, 5.74) is 0.384. The summed E-state index contributed by atoms with van der Waals surface area (Å²) in [5.74, 6) is 0.192. The van der Waals surface area contributed by atoms with Crippen LogP contribution in [0.15, 0.2) is 23.1 Å². The first-order valence-corrected chi connectivity index (χ1v) is 5.71. The molecule has 76 valence electrons. The lowest BCUT2D eigenvalue weighted by Gasteiger charge is -2.06. The normalized spacial score (nSPS) is 11.0. The van der Waals surface area contributed by atoms with Gasteiger partial charge in [0, 0.05) is 11.8 Å². The molecule has 1 rings (SSSR count). The third-order valence-electron chi connectivity index (χ3n) is 1.72. The summed E-state index contributed by atoms with van der Waals surface area (Å²) in [7, 11) is -1.95. The summed E-state index contributed by atoms with van der Waals surface area (Å²) in [6, 6.07) is 4.19. The van der Waals surface area contributed by atoms with E-state index in [1.807, 2.05) is 0 Å². The molecule has 0 aliphatic heterocycles. The van der Waals surface area contributed by atoms with E-state index in [0.29, 0.717) is 11.8 Å². The third kappa shape index (κ3) is 2.11. The fourth-order valence-corrected chi connectivity index (χ4v) is 1.89. The Morgan fingerprint density at radius 1 is 1.36 bits per heavy atom. The zero-order chi connectivity index (χ0) is 10.8. The van der Waals surface area contributed by atoms with Crippen LogP contribution in [0.3, 0.4) is 0 Å². The maximum Gasteiger partial charge on any atom is 0.179 e. The van der Waals surface area contributed by atoms with Gasteiger partial charge in [-0.1, -0.05) is 6.07 Å². The lowest BCUT2D eigenvalue weighted by atomic mass is 10.2. The van der Waals surface area contributed by atoms with E-state index in [0.717, 1.165) is 6.26 Å². The summed E-state index contributed by atoms with van der Waals surface area (Å²) >= 11 is 0. The second-order valence-corrected chi connectivity index (χ2v) is 4.78. The van der Waals surface area contributed by atoms with E-state index in [1.54, 1.807) is 0 Å². The number of carbonyl (C=O) groups excluding carboxylic acids is 1. The van der Waals surface area contributed by atoms with Crippen LogP contribution < -0.4 is 4.74 Å². The first kappa shape index (κ1) is 10.7. The van der Waals surface area contributed by atoms with Crippen LogP contribution in [0.2, 0.25) is 0 Å². The number of carbonyl (C=O) groups is 1. The molecule has 0 radical (unpaired) electrons. The maximum atomic E-state index is 11.2. The summed E-state index contributed by atoms with van der Waals surface area (Å²) in [4.78, 5) is 10.5. The van der Waals surface area contributed by atoms with Crippen LogP contribution in [0.5, 0.6) is 5.75 Å². The summed E-state index contributed by atoms with van der Waals surface area (Å²) < 4.78 is 27.4. The molecular weight excluding hydrogens is 204 g/mol. The van der Waals surface area contributed by atoms with E-state index in [4.69, 9.17) is 4.74 Å². The molecule has 0 heterocycles. The van der Waals surface area contributed by atoms with Gasteiger partial charge < -0.3 is 4.74 Å². The van der Waals surface area contributed by atoms with Gasteiger partial charge in [-0.2, -0.15) is 0 Å². The van der Waals surface area contributed by atoms with Gasteiger partial charge in [-0.05, 0) is 12.1 Å². The van der Waals surface area contributed by atoms with E-state index in [2.05, 4.69) is 0 Å². The van der Waals surface area contributed by atoms with E-state index in [-0.39, 0.29) is 10.6 Å². The molecule has 14 heavy (non-hydrogen) atoms. The highest BCUT2D eigenvalue weighted by atomic mass is 32.2. The van der Waals surface area contributed by atoms with Crippen LogP contribution in [0, 0.1) is 0 Å². The van der Waals surface area contributed by atoms with Gasteiger partial charge >= 0.3 is 0 Å². The van der Waals surface area contributed by atoms with Gasteiger partial charge in [0.15, 0.2) is 9.84 Å². The van der Waals surface area contributed by atoms with E-state index in [9.17, 15) is 13.2 Å². The largest absolute Gasteiger partial charge is 0.495 e. The monoisotopic (exact) mass is 214 g/mol. The Morgan fingerprint density at radius 3 is 2.43 bits per heavy atom. The Hall–Kier alpha value is -1.36. The number of rotatable bonds is 3. The second kappa shape index (κ2) is 3.79. The molecule has 0 aliphatic carbocycles. The van der Waals surface area contributed by atoms with Crippen molar-refractivity contribution in [1.82, 2.24) is 0 Å². The van der Waals surface area contributed by atoms with Crippen LogP contribution in [-0.2, 0) is 9.84 Å². The third-order valence-corrected chi connectivity index (χ3v) is 2.86. The Kier molecular flexibility index (Phi) is 2.90. The molecule has 0 aliphatic rings. The van der Waals surface area contributed by atoms with Crippen molar-refractivity contribution in [3.63, 3.8) is 0 Å². The highest BCUT2D eigenvalue weighted by Crippen LogP contribution is 2.23. The molecule has 0 bridgehead atoms. The van der Waals surface area contributed by atoms with E-state index >= 15 is 0 Å². The van der Waals surface area contributed by atoms with Gasteiger partial charge in [-0.15, -0.1) is 0 Å². The minimum absolute atomic E-state index is 0.0885. The lowest BCUT2D eigenvalue weighted by molar-refractivity contribution is 0.112. The Morgan fingerprint density at radius 2 is 2.00 bits per heavy atom. The molecule has 0 N–H and O–H groups in total. The Balaban J connectivity index is 3.40. The van der Waals surface area contributed by atoms with Crippen LogP contribution >= 0.6 is 0 Å². The predicted octanol–water partition coefficient (Wildman–Crippen LogP) is 0.911. The summed E-state index contributed by atoms with van der Waals surface area (Å²) in [5, 5.41) is 0. The van der Waals surface area contributed by atoms with Crippen LogP contribution in [0.1, 0.15) is 10.4 Å². The fourth-order valence-electron chi connectivity index (χ4n) is 1.06. The minimum Gasteiger partial charge on any atom is -0.495 e. The van der Waals surface area contributed by atoms with Crippen molar-refractivity contribution in [3.8, 4) is 5.75 Å². The first-order chi connectivity index (χ1) is 6.49. The van der Waals surface area contributed by atoms with Crippen molar-refractivity contribution >= 4 is 16.1 Å². The lowest BCUT2D eigenvalue weighted by Crippen LogP contribution is -2.01. The zero-order valence-corrected chi connectivity index (χ0v) is 8.67. The van der Waals surface area contributed by atoms with Gasteiger partial charge in [0.2, 0.25) is 0 Å². The van der Waals surface area contributed by atoms with Crippen LogP contribution in [-0.4, -0.2) is 28.1 Å². The number of sulfone groups is 1. The van der Waals surface area contributed by atoms with E-state index in [1.165, 1.54) is 25.3 Å². The number of ether oxygens (including phenoxy) is 1. The fraction of sp³-hybridized carbons (Fsp3) is 0.222. The van der Waals surface area contributed by atoms with Gasteiger partial charge in [0.05, 0.1) is 7.11 Å². The molecule has 0 saturated carbocycles. The van der Waals surface area contributed by atoms with Gasteiger partial charge in [0.25, 0.3) is 0 Å². The SMILES string of the molecule is COc1cc(C=O)ccc1S(C)(=O)=O. The number of methoxy groups -OCH3 is 1. The Bertz CT molecular complexity index is 448. The van der Waals surface area contributed by atoms with Gasteiger partial charge in [-0.25, -0.2) is 8.42 Å². The molecule has 0 unspecified atom stereocenters. The van der Waals surface area contributed by atoms with Gasteiger partial charge in [-0.3, -0.25) is 4.79 Å². The van der Waals surface area contributed by atoms with Crippen molar-refractivity contribution in [1.29, 1.82) is 0 Å². The molecule has 0 saturated heterocycles. The van der Waals surface area contributed by atoms with Crippen LogP contribution in [0.25, 0.3) is 0 Å². The summed E-state index contributed by atoms with van der Waals surface area (Å²) in [6.07, 6.45) is 1.72.